The molecule has 7 atom stereocenters. The third kappa shape index (κ3) is 7.33. The second-order valence-corrected chi connectivity index (χ2v) is 11.6. The van der Waals surface area contributed by atoms with Crippen LogP contribution in [0, 0.1) is 17.8 Å². The summed E-state index contributed by atoms with van der Waals surface area (Å²) >= 11 is 0. The first kappa shape index (κ1) is 27.1. The molecule has 2 N–H and O–H groups in total. The molecule has 7 unspecified atom stereocenters. The molecule has 4 aliphatic rings. The normalized spacial score (nSPS) is 33.3. The molecule has 0 bridgehead atoms. The lowest BCUT2D eigenvalue weighted by Gasteiger charge is -2.33. The van der Waals surface area contributed by atoms with Crippen molar-refractivity contribution in [2.24, 2.45) is 17.8 Å². The first-order valence-electron chi connectivity index (χ1n) is 14.6. The van der Waals surface area contributed by atoms with Crippen LogP contribution in [0.5, 0.6) is 0 Å². The van der Waals surface area contributed by atoms with Gasteiger partial charge >= 0.3 is 5.97 Å². The fourth-order valence-electron chi connectivity index (χ4n) is 7.05. The van der Waals surface area contributed by atoms with E-state index in [4.69, 9.17) is 18.9 Å². The summed E-state index contributed by atoms with van der Waals surface area (Å²) in [5, 5.41) is 20.4. The van der Waals surface area contributed by atoms with E-state index in [1.807, 2.05) is 0 Å². The molecule has 1 aromatic rings. The summed E-state index contributed by atoms with van der Waals surface area (Å²) in [6.45, 7) is 1.45. The maximum Gasteiger partial charge on any atom is 0.303 e. The fraction of sp³-hybridized carbons (Fsp3) is 0.767. The lowest BCUT2D eigenvalue weighted by Crippen LogP contribution is -2.34. The van der Waals surface area contributed by atoms with Crippen molar-refractivity contribution in [3.63, 3.8) is 0 Å². The largest absolute Gasteiger partial charge is 0.481 e. The van der Waals surface area contributed by atoms with Crippen LogP contribution in [0.15, 0.2) is 24.3 Å². The number of fused-ring (bicyclic) bond motifs is 1. The summed E-state index contributed by atoms with van der Waals surface area (Å²) in [5.74, 6) is -0.669. The van der Waals surface area contributed by atoms with Crippen molar-refractivity contribution in [2.45, 2.75) is 114 Å². The molecule has 2 saturated heterocycles. The summed E-state index contributed by atoms with van der Waals surface area (Å²) < 4.78 is 24.7. The van der Waals surface area contributed by atoms with Crippen molar-refractivity contribution < 1.29 is 34.0 Å². The van der Waals surface area contributed by atoms with E-state index in [0.717, 1.165) is 77.2 Å². The molecule has 7 heteroatoms. The second-order valence-electron chi connectivity index (χ2n) is 11.6. The molecule has 0 aromatic heterocycles. The van der Waals surface area contributed by atoms with Gasteiger partial charge in [-0.25, -0.2) is 0 Å². The first-order valence-corrected chi connectivity index (χ1v) is 14.6. The predicted molar refractivity (Wildman–Crippen MR) is 138 cm³/mol. The Bertz CT molecular complexity index is 838. The molecule has 2 aliphatic heterocycles. The van der Waals surface area contributed by atoms with Gasteiger partial charge in [0.15, 0.2) is 12.6 Å². The van der Waals surface area contributed by atoms with Gasteiger partial charge < -0.3 is 29.2 Å². The van der Waals surface area contributed by atoms with Crippen LogP contribution in [0.4, 0.5) is 0 Å². The summed E-state index contributed by atoms with van der Waals surface area (Å²) in [6, 6.07) is 8.71. The van der Waals surface area contributed by atoms with Crippen LogP contribution in [0.1, 0.15) is 81.8 Å². The van der Waals surface area contributed by atoms with Crippen molar-refractivity contribution in [1.29, 1.82) is 0 Å². The Hall–Kier alpha value is -1.51. The van der Waals surface area contributed by atoms with Crippen LogP contribution in [0.3, 0.4) is 0 Å². The van der Waals surface area contributed by atoms with Crippen LogP contribution in [0.25, 0.3) is 0 Å². The average molecular weight is 517 g/mol. The minimum absolute atomic E-state index is 0.0317. The van der Waals surface area contributed by atoms with Crippen LogP contribution in [-0.4, -0.2) is 60.3 Å². The molecule has 1 aromatic carbocycles. The average Bonchev–Trinajstić information content (AvgIpc) is 3.43. The maximum atomic E-state index is 11.7. The second kappa shape index (κ2) is 13.0. The number of hydrogen-bond donors (Lipinski definition) is 2. The number of aliphatic hydroxyl groups excluding tert-OH is 1. The van der Waals surface area contributed by atoms with Gasteiger partial charge in [-0.05, 0) is 93.6 Å². The Labute approximate surface area is 220 Å². The first-order chi connectivity index (χ1) is 18.0. The monoisotopic (exact) mass is 516 g/mol. The standard InChI is InChI=1S/C30H44O7/c31-26-19-27(37-30-10-4-6-14-35-30)24(25(26)18-28(32)33)12-11-23(36-29-9-3-5-13-34-29)17-20-15-21-7-1-2-8-22(21)16-20/h1-2,7-8,20,23-27,29-31H,3-6,9-19H2,(H,32,33). The lowest BCUT2D eigenvalue weighted by atomic mass is 9.85. The molecule has 0 amide bonds. The number of carboxylic acids is 1. The van der Waals surface area contributed by atoms with Gasteiger partial charge in [-0.2, -0.15) is 0 Å². The number of hydrogen-bond acceptors (Lipinski definition) is 6. The van der Waals surface area contributed by atoms with E-state index in [1.54, 1.807) is 0 Å². The van der Waals surface area contributed by atoms with Crippen molar-refractivity contribution in [3.8, 4) is 0 Å². The molecule has 0 radical (unpaired) electrons. The van der Waals surface area contributed by atoms with E-state index in [-0.39, 0.29) is 43.0 Å². The smallest absolute Gasteiger partial charge is 0.303 e. The zero-order valence-electron chi connectivity index (χ0n) is 22.0. The molecule has 2 heterocycles. The SMILES string of the molecule is O=C(O)CC1C(O)CC(OC2CCCCO2)C1CCC(CC1Cc2ccccc2C1)OC1CCCCO1. The van der Waals surface area contributed by atoms with Gasteiger partial charge in [0.2, 0.25) is 0 Å². The van der Waals surface area contributed by atoms with Crippen LogP contribution in [0.2, 0.25) is 0 Å². The molecule has 3 fully saturated rings. The Morgan fingerprint density at radius 2 is 1.65 bits per heavy atom. The van der Waals surface area contributed by atoms with E-state index < -0.39 is 12.1 Å². The lowest BCUT2D eigenvalue weighted by molar-refractivity contribution is -0.201. The van der Waals surface area contributed by atoms with Crippen LogP contribution < -0.4 is 0 Å². The van der Waals surface area contributed by atoms with Gasteiger partial charge in [0.1, 0.15) is 0 Å². The van der Waals surface area contributed by atoms with E-state index in [0.29, 0.717) is 18.9 Å². The number of carboxylic acid groups (broad SMARTS) is 1. The highest BCUT2D eigenvalue weighted by Gasteiger charge is 2.45. The van der Waals surface area contributed by atoms with Gasteiger partial charge in [0.05, 0.1) is 24.7 Å². The quantitative estimate of drug-likeness (QED) is 0.433. The van der Waals surface area contributed by atoms with Gasteiger partial charge in [-0.1, -0.05) is 24.3 Å². The molecule has 0 spiro atoms. The van der Waals surface area contributed by atoms with E-state index in [9.17, 15) is 15.0 Å². The highest BCUT2D eigenvalue weighted by atomic mass is 16.7. The Morgan fingerprint density at radius 1 is 0.973 bits per heavy atom. The number of aliphatic hydroxyl groups is 1. The van der Waals surface area contributed by atoms with E-state index in [1.165, 1.54) is 11.1 Å². The minimum Gasteiger partial charge on any atom is -0.481 e. The summed E-state index contributed by atoms with van der Waals surface area (Å²) in [6.07, 6.45) is 10.0. The van der Waals surface area contributed by atoms with Gasteiger partial charge in [0, 0.05) is 25.6 Å². The van der Waals surface area contributed by atoms with Crippen LogP contribution in [-0.2, 0) is 36.6 Å². The van der Waals surface area contributed by atoms with Crippen molar-refractivity contribution in [1.82, 2.24) is 0 Å². The Kier molecular flexibility index (Phi) is 9.53. The van der Waals surface area contributed by atoms with Gasteiger partial charge in [-0.15, -0.1) is 0 Å². The molecule has 1 saturated carbocycles. The Morgan fingerprint density at radius 3 is 2.27 bits per heavy atom. The predicted octanol–water partition coefficient (Wildman–Crippen LogP) is 4.87. The topological polar surface area (TPSA) is 94.5 Å². The number of aliphatic carboxylic acids is 1. The zero-order valence-corrected chi connectivity index (χ0v) is 22.0. The van der Waals surface area contributed by atoms with E-state index >= 15 is 0 Å². The zero-order chi connectivity index (χ0) is 25.6. The van der Waals surface area contributed by atoms with E-state index in [2.05, 4.69) is 24.3 Å². The summed E-state index contributed by atoms with van der Waals surface area (Å²) in [4.78, 5) is 11.7. The molecule has 37 heavy (non-hydrogen) atoms. The molecule has 7 nitrogen and oxygen atoms in total. The van der Waals surface area contributed by atoms with Crippen LogP contribution >= 0.6 is 0 Å². The van der Waals surface area contributed by atoms with Gasteiger partial charge in [0.25, 0.3) is 0 Å². The third-order valence-corrected chi connectivity index (χ3v) is 8.91. The summed E-state index contributed by atoms with van der Waals surface area (Å²) in [7, 11) is 0. The fourth-order valence-corrected chi connectivity index (χ4v) is 7.05. The third-order valence-electron chi connectivity index (χ3n) is 8.91. The Balaban J connectivity index is 1.25. The minimum atomic E-state index is -0.865. The number of ether oxygens (including phenoxy) is 4. The number of rotatable bonds is 11. The number of carbonyl (C=O) groups is 1. The highest BCUT2D eigenvalue weighted by molar-refractivity contribution is 5.67. The van der Waals surface area contributed by atoms with Crippen molar-refractivity contribution in [2.75, 3.05) is 13.2 Å². The molecule has 2 aliphatic carbocycles. The molecular weight excluding hydrogens is 472 g/mol. The summed E-state index contributed by atoms with van der Waals surface area (Å²) in [5.41, 5.74) is 2.89. The maximum absolute atomic E-state index is 11.7. The highest BCUT2D eigenvalue weighted by Crippen LogP contribution is 2.42. The van der Waals surface area contributed by atoms with Crippen molar-refractivity contribution >= 4 is 5.97 Å². The molecule has 5 rings (SSSR count). The van der Waals surface area contributed by atoms with Crippen molar-refractivity contribution in [3.05, 3.63) is 35.4 Å². The number of benzene rings is 1. The van der Waals surface area contributed by atoms with Gasteiger partial charge in [-0.3, -0.25) is 4.79 Å². The molecular formula is C30H44O7. The molecule has 206 valence electrons.